The number of aromatic nitrogens is 4. The molecule has 0 bridgehead atoms. The van der Waals surface area contributed by atoms with Crippen LogP contribution in [0.25, 0.3) is 38.6 Å². The van der Waals surface area contributed by atoms with Gasteiger partial charge in [-0.25, -0.2) is 9.97 Å². The zero-order valence-corrected chi connectivity index (χ0v) is 13.7. The van der Waals surface area contributed by atoms with Crippen LogP contribution in [-0.4, -0.2) is 19.4 Å². The molecule has 0 saturated carbocycles. The van der Waals surface area contributed by atoms with Crippen LogP contribution in [0.4, 0.5) is 0 Å². The third-order valence-corrected chi connectivity index (χ3v) is 3.78. The normalized spacial score (nSPS) is 11.3. The SMILES string of the molecule is [Ir].[c-]1cccc2c1c1nc3cccnc3n1c1ncccc21. The Balaban J connectivity index is 0.00000125. The van der Waals surface area contributed by atoms with Crippen molar-refractivity contribution in [1.82, 2.24) is 19.4 Å². The Hall–Kier alpha value is -2.36. The summed E-state index contributed by atoms with van der Waals surface area (Å²) in [6, 6.07) is 17.2. The van der Waals surface area contributed by atoms with Crippen molar-refractivity contribution >= 4 is 38.6 Å². The van der Waals surface area contributed by atoms with Gasteiger partial charge in [0.25, 0.3) is 0 Å². The molecule has 0 atom stereocenters. The average Bonchev–Trinajstić information content (AvgIpc) is 2.95. The van der Waals surface area contributed by atoms with Crippen LogP contribution in [0.1, 0.15) is 0 Å². The van der Waals surface area contributed by atoms with E-state index >= 15 is 0 Å². The molecule has 0 spiro atoms. The molecular formula is C17H9IrN4-. The Morgan fingerprint density at radius 1 is 0.818 bits per heavy atom. The summed E-state index contributed by atoms with van der Waals surface area (Å²) in [6.07, 6.45) is 3.58. The maximum Gasteiger partial charge on any atom is 0.156 e. The Labute approximate surface area is 139 Å². The quantitative estimate of drug-likeness (QED) is 0.262. The van der Waals surface area contributed by atoms with Crippen LogP contribution in [0.2, 0.25) is 0 Å². The van der Waals surface area contributed by atoms with E-state index in [1.54, 1.807) is 12.4 Å². The summed E-state index contributed by atoms with van der Waals surface area (Å²) in [6.45, 7) is 0. The molecular weight excluding hydrogens is 452 g/mol. The van der Waals surface area contributed by atoms with Crippen molar-refractivity contribution in [2.24, 2.45) is 0 Å². The van der Waals surface area contributed by atoms with E-state index in [0.717, 1.165) is 38.6 Å². The Bertz CT molecular complexity index is 1150. The van der Waals surface area contributed by atoms with Crippen molar-refractivity contribution in [3.8, 4) is 0 Å². The average molecular weight is 462 g/mol. The third-order valence-electron chi connectivity index (χ3n) is 3.78. The molecule has 5 aromatic rings. The number of benzene rings is 1. The Kier molecular flexibility index (Phi) is 2.92. The summed E-state index contributed by atoms with van der Waals surface area (Å²) in [5, 5.41) is 3.20. The molecule has 0 aliphatic heterocycles. The van der Waals surface area contributed by atoms with Gasteiger partial charge in [-0.2, -0.15) is 0 Å². The van der Waals surface area contributed by atoms with Gasteiger partial charge in [-0.1, -0.05) is 16.8 Å². The number of fused-ring (bicyclic) bond motifs is 8. The zero-order valence-electron chi connectivity index (χ0n) is 11.3. The first kappa shape index (κ1) is 13.3. The fourth-order valence-corrected chi connectivity index (χ4v) is 2.91. The van der Waals surface area contributed by atoms with E-state index in [1.165, 1.54) is 0 Å². The first-order valence-electron chi connectivity index (χ1n) is 6.74. The topological polar surface area (TPSA) is 43.1 Å². The maximum atomic E-state index is 4.72. The standard InChI is InChI=1S/C17H9N4.Ir/c1-2-6-13-11(5-1)12-7-3-9-18-15(12)21-16(13)20-14-8-4-10-19-17(14)21;/h1-5,7-10H;/q-1;. The fourth-order valence-electron chi connectivity index (χ4n) is 2.91. The van der Waals surface area contributed by atoms with E-state index < -0.39 is 0 Å². The zero-order chi connectivity index (χ0) is 13.8. The molecule has 0 amide bonds. The molecule has 5 rings (SSSR count). The second-order valence-electron chi connectivity index (χ2n) is 4.95. The minimum atomic E-state index is 0. The van der Waals surface area contributed by atoms with Crippen molar-refractivity contribution in [1.29, 1.82) is 0 Å². The van der Waals surface area contributed by atoms with Crippen LogP contribution in [0, 0.1) is 6.07 Å². The third kappa shape index (κ3) is 1.64. The van der Waals surface area contributed by atoms with Gasteiger partial charge in [0.2, 0.25) is 0 Å². The van der Waals surface area contributed by atoms with Gasteiger partial charge in [0.05, 0.1) is 11.2 Å². The van der Waals surface area contributed by atoms with Gasteiger partial charge in [0.15, 0.2) is 5.65 Å². The van der Waals surface area contributed by atoms with Gasteiger partial charge in [0.1, 0.15) is 5.65 Å². The Morgan fingerprint density at radius 2 is 1.59 bits per heavy atom. The van der Waals surface area contributed by atoms with E-state index in [0.29, 0.717) is 0 Å². The minimum Gasteiger partial charge on any atom is -0.302 e. The van der Waals surface area contributed by atoms with Crippen molar-refractivity contribution in [2.45, 2.75) is 0 Å². The molecule has 22 heavy (non-hydrogen) atoms. The van der Waals surface area contributed by atoms with Crippen LogP contribution >= 0.6 is 0 Å². The fraction of sp³-hybridized carbons (Fsp3) is 0. The van der Waals surface area contributed by atoms with Crippen LogP contribution in [0.15, 0.2) is 54.9 Å². The summed E-state index contributed by atoms with van der Waals surface area (Å²) in [5.74, 6) is 0. The number of nitrogens with zero attached hydrogens (tertiary/aromatic N) is 4. The summed E-state index contributed by atoms with van der Waals surface area (Å²) in [5.41, 5.74) is 3.43. The van der Waals surface area contributed by atoms with Gasteiger partial charge in [0, 0.05) is 32.5 Å². The number of hydrogen-bond donors (Lipinski definition) is 0. The number of hydrogen-bond acceptors (Lipinski definition) is 3. The van der Waals surface area contributed by atoms with Gasteiger partial charge < -0.3 is 4.40 Å². The van der Waals surface area contributed by atoms with Crippen LogP contribution in [0.3, 0.4) is 0 Å². The molecule has 5 heteroatoms. The Morgan fingerprint density at radius 3 is 2.50 bits per heavy atom. The molecule has 1 aromatic carbocycles. The molecule has 0 aliphatic carbocycles. The largest absolute Gasteiger partial charge is 0.302 e. The summed E-state index contributed by atoms with van der Waals surface area (Å²) >= 11 is 0. The predicted molar refractivity (Wildman–Crippen MR) is 82.1 cm³/mol. The van der Waals surface area contributed by atoms with E-state index in [-0.39, 0.29) is 20.1 Å². The van der Waals surface area contributed by atoms with E-state index in [4.69, 9.17) is 4.98 Å². The van der Waals surface area contributed by atoms with Gasteiger partial charge >= 0.3 is 0 Å². The first-order chi connectivity index (χ1) is 10.4. The smallest absolute Gasteiger partial charge is 0.156 e. The van der Waals surface area contributed by atoms with Crippen molar-refractivity contribution in [2.75, 3.05) is 0 Å². The number of imidazole rings is 1. The van der Waals surface area contributed by atoms with Crippen LogP contribution < -0.4 is 0 Å². The van der Waals surface area contributed by atoms with E-state index in [2.05, 4.69) is 28.2 Å². The van der Waals surface area contributed by atoms with Crippen LogP contribution in [-0.2, 0) is 20.1 Å². The first-order valence-corrected chi connectivity index (χ1v) is 6.74. The summed E-state index contributed by atoms with van der Waals surface area (Å²) in [7, 11) is 0. The van der Waals surface area contributed by atoms with E-state index in [1.807, 2.05) is 34.7 Å². The summed E-state index contributed by atoms with van der Waals surface area (Å²) < 4.78 is 2.02. The van der Waals surface area contributed by atoms with Gasteiger partial charge in [-0.05, 0) is 23.6 Å². The second-order valence-corrected chi connectivity index (χ2v) is 4.95. The van der Waals surface area contributed by atoms with Gasteiger partial charge in [-0.3, -0.25) is 4.98 Å². The molecule has 0 fully saturated rings. The molecule has 107 valence electrons. The molecule has 0 saturated heterocycles. The van der Waals surface area contributed by atoms with Crippen LogP contribution in [0.5, 0.6) is 0 Å². The van der Waals surface area contributed by atoms with Crippen molar-refractivity contribution in [3.63, 3.8) is 0 Å². The molecule has 1 radical (unpaired) electrons. The minimum absolute atomic E-state index is 0. The van der Waals surface area contributed by atoms with Gasteiger partial charge in [-0.15, -0.1) is 24.3 Å². The molecule has 0 unspecified atom stereocenters. The molecule has 0 N–H and O–H groups in total. The molecule has 4 heterocycles. The molecule has 0 aliphatic rings. The number of pyridine rings is 3. The number of rotatable bonds is 0. The second kappa shape index (κ2) is 4.83. The summed E-state index contributed by atoms with van der Waals surface area (Å²) in [4.78, 5) is 13.7. The molecule has 4 aromatic heterocycles. The molecule has 4 nitrogen and oxygen atoms in total. The van der Waals surface area contributed by atoms with E-state index in [9.17, 15) is 0 Å². The monoisotopic (exact) mass is 462 g/mol. The van der Waals surface area contributed by atoms with Crippen molar-refractivity contribution < 1.29 is 20.1 Å². The van der Waals surface area contributed by atoms with Crippen molar-refractivity contribution in [3.05, 3.63) is 60.9 Å². The maximum absolute atomic E-state index is 4.72. The predicted octanol–water partition coefficient (Wildman–Crippen LogP) is 3.38.